The number of likely N-dealkylation sites (tertiary alicyclic amines) is 1. The van der Waals surface area contributed by atoms with E-state index in [9.17, 15) is 14.9 Å². The highest BCUT2D eigenvalue weighted by Gasteiger charge is 2.44. The highest BCUT2D eigenvalue weighted by Crippen LogP contribution is 2.51. The maximum absolute atomic E-state index is 13.9. The third-order valence-corrected chi connectivity index (χ3v) is 9.05. The van der Waals surface area contributed by atoms with Crippen LogP contribution in [0.5, 0.6) is 0 Å². The van der Waals surface area contributed by atoms with Crippen LogP contribution >= 0.6 is 0 Å². The van der Waals surface area contributed by atoms with E-state index in [1.165, 1.54) is 25.9 Å². The van der Waals surface area contributed by atoms with Crippen molar-refractivity contribution in [1.29, 1.82) is 5.26 Å². The van der Waals surface area contributed by atoms with Crippen molar-refractivity contribution in [2.45, 2.75) is 64.3 Å². The van der Waals surface area contributed by atoms with E-state index in [1.807, 2.05) is 18.2 Å². The molecule has 2 aliphatic carbocycles. The second-order valence-electron chi connectivity index (χ2n) is 11.4. The number of nitriles is 1. The number of hydrogen-bond donors (Lipinski definition) is 0. The van der Waals surface area contributed by atoms with Crippen molar-refractivity contribution in [1.82, 2.24) is 4.90 Å². The molecule has 0 amide bonds. The fourth-order valence-corrected chi connectivity index (χ4v) is 7.00. The van der Waals surface area contributed by atoms with Crippen molar-refractivity contribution in [3.8, 4) is 6.07 Å². The van der Waals surface area contributed by atoms with Crippen LogP contribution in [0.1, 0.15) is 89.4 Å². The third-order valence-electron chi connectivity index (χ3n) is 9.05. The lowest BCUT2D eigenvalue weighted by molar-refractivity contribution is 0.101. The Bertz CT molecular complexity index is 1360. The van der Waals surface area contributed by atoms with Gasteiger partial charge in [-0.05, 0) is 98.6 Å². The molecule has 0 saturated carbocycles. The van der Waals surface area contributed by atoms with Gasteiger partial charge in [0.1, 0.15) is 0 Å². The predicted octanol–water partition coefficient (Wildman–Crippen LogP) is 5.31. The molecule has 2 aromatic carbocycles. The summed E-state index contributed by atoms with van der Waals surface area (Å²) in [7, 11) is 0. The zero-order chi connectivity index (χ0) is 25.2. The summed E-state index contributed by atoms with van der Waals surface area (Å²) < 4.78 is 0. The van der Waals surface area contributed by atoms with Gasteiger partial charge < -0.3 is 9.80 Å². The minimum absolute atomic E-state index is 0.00424. The molecule has 0 aromatic heterocycles. The number of piperidine rings is 1. The summed E-state index contributed by atoms with van der Waals surface area (Å²) >= 11 is 0. The molecule has 0 atom stereocenters. The molecule has 2 saturated heterocycles. The van der Waals surface area contributed by atoms with Crippen molar-refractivity contribution in [3.63, 3.8) is 0 Å². The van der Waals surface area contributed by atoms with Gasteiger partial charge in [0.25, 0.3) is 0 Å². The van der Waals surface area contributed by atoms with Gasteiger partial charge in [0.2, 0.25) is 0 Å². The lowest BCUT2D eigenvalue weighted by atomic mass is 9.68. The maximum atomic E-state index is 13.9. The Balaban J connectivity index is 1.39. The van der Waals surface area contributed by atoms with Crippen LogP contribution in [0, 0.1) is 11.3 Å². The minimum Gasteiger partial charge on any atom is -0.371 e. The van der Waals surface area contributed by atoms with Crippen LogP contribution in [0.25, 0.3) is 5.57 Å². The van der Waals surface area contributed by atoms with Gasteiger partial charge in [-0.15, -0.1) is 0 Å². The first-order valence-electron chi connectivity index (χ1n) is 13.3. The molecule has 2 aromatic rings. The van der Waals surface area contributed by atoms with E-state index in [0.29, 0.717) is 29.2 Å². The SMILES string of the molecule is CC(=O)c1cc2c(cc1N1CCC(N3CCCC3)CC1)C(C)(C)C1=C(C2=O)c2ccc(C#N)cc2C1. The first-order valence-corrected chi connectivity index (χ1v) is 13.3. The van der Waals surface area contributed by atoms with Crippen LogP contribution in [-0.4, -0.2) is 48.7 Å². The fraction of sp³-hybridized carbons (Fsp3) is 0.452. The summed E-state index contributed by atoms with van der Waals surface area (Å²) in [6.45, 7) is 10.3. The molecule has 2 fully saturated rings. The molecule has 5 heteroatoms. The summed E-state index contributed by atoms with van der Waals surface area (Å²) in [5.41, 5.74) is 7.44. The summed E-state index contributed by atoms with van der Waals surface area (Å²) in [5.74, 6) is 0.00917. The molecule has 6 rings (SSSR count). The zero-order valence-corrected chi connectivity index (χ0v) is 21.5. The first-order chi connectivity index (χ1) is 17.3. The van der Waals surface area contributed by atoms with Gasteiger partial charge in [-0.3, -0.25) is 9.59 Å². The molecule has 0 bridgehead atoms. The number of allylic oxidation sites excluding steroid dienone is 2. The molecule has 0 unspecified atom stereocenters. The van der Waals surface area contributed by atoms with E-state index in [1.54, 1.807) is 13.0 Å². The highest BCUT2D eigenvalue weighted by atomic mass is 16.1. The van der Waals surface area contributed by atoms with Crippen molar-refractivity contribution in [3.05, 3.63) is 69.3 Å². The Labute approximate surface area is 213 Å². The van der Waals surface area contributed by atoms with Crippen LogP contribution in [0.4, 0.5) is 5.69 Å². The van der Waals surface area contributed by atoms with Crippen molar-refractivity contribution >= 4 is 22.8 Å². The lowest BCUT2D eigenvalue weighted by Gasteiger charge is -2.40. The fourth-order valence-electron chi connectivity index (χ4n) is 7.00. The normalized spacial score (nSPS) is 21.3. The van der Waals surface area contributed by atoms with Gasteiger partial charge >= 0.3 is 0 Å². The average molecular weight is 480 g/mol. The van der Waals surface area contributed by atoms with Crippen molar-refractivity contribution in [2.24, 2.45) is 0 Å². The molecular weight excluding hydrogens is 446 g/mol. The first kappa shape index (κ1) is 23.2. The molecule has 0 N–H and O–H groups in total. The Morgan fingerprint density at radius 3 is 2.42 bits per heavy atom. The Morgan fingerprint density at radius 2 is 1.75 bits per heavy atom. The predicted molar refractivity (Wildman–Crippen MR) is 142 cm³/mol. The van der Waals surface area contributed by atoms with E-state index in [2.05, 4.69) is 35.8 Å². The smallest absolute Gasteiger partial charge is 0.193 e. The van der Waals surface area contributed by atoms with E-state index >= 15 is 0 Å². The second-order valence-corrected chi connectivity index (χ2v) is 11.4. The van der Waals surface area contributed by atoms with Crippen LogP contribution in [0.3, 0.4) is 0 Å². The van der Waals surface area contributed by atoms with Crippen LogP contribution < -0.4 is 4.90 Å². The number of hydrogen-bond acceptors (Lipinski definition) is 5. The summed E-state index contributed by atoms with van der Waals surface area (Å²) in [5, 5.41) is 9.37. The van der Waals surface area contributed by atoms with Crippen LogP contribution in [0.15, 0.2) is 35.9 Å². The molecule has 2 heterocycles. The number of nitrogens with zero attached hydrogens (tertiary/aromatic N) is 3. The monoisotopic (exact) mass is 479 g/mol. The van der Waals surface area contributed by atoms with Gasteiger partial charge in [0.15, 0.2) is 11.6 Å². The zero-order valence-electron chi connectivity index (χ0n) is 21.5. The maximum Gasteiger partial charge on any atom is 0.193 e. The molecule has 2 aliphatic heterocycles. The number of fused-ring (bicyclic) bond motifs is 3. The molecule has 36 heavy (non-hydrogen) atoms. The number of carbonyl (C=O) groups is 2. The molecule has 0 radical (unpaired) electrons. The minimum atomic E-state index is -0.345. The lowest BCUT2D eigenvalue weighted by Crippen LogP contribution is -2.44. The van der Waals surface area contributed by atoms with E-state index in [4.69, 9.17) is 0 Å². The average Bonchev–Trinajstić information content (AvgIpc) is 3.55. The number of carbonyl (C=O) groups excluding carboxylic acids is 2. The number of ketones is 2. The van der Waals surface area contributed by atoms with E-state index < -0.39 is 0 Å². The van der Waals surface area contributed by atoms with Gasteiger partial charge in [0.05, 0.1) is 11.6 Å². The number of Topliss-reactive ketones (excluding diaryl/α,β-unsaturated/α-hetero) is 2. The summed E-state index contributed by atoms with van der Waals surface area (Å²) in [6.07, 6.45) is 5.53. The van der Waals surface area contributed by atoms with Gasteiger partial charge in [0, 0.05) is 46.9 Å². The molecule has 184 valence electrons. The third kappa shape index (κ3) is 3.46. The second kappa shape index (κ2) is 8.42. The van der Waals surface area contributed by atoms with Crippen molar-refractivity contribution in [2.75, 3.05) is 31.1 Å². The Hall–Kier alpha value is -3.23. The van der Waals surface area contributed by atoms with Gasteiger partial charge in [-0.1, -0.05) is 19.9 Å². The molecule has 5 nitrogen and oxygen atoms in total. The van der Waals surface area contributed by atoms with Gasteiger partial charge in [-0.2, -0.15) is 5.26 Å². The highest BCUT2D eigenvalue weighted by molar-refractivity contribution is 6.33. The number of benzene rings is 2. The Kier molecular flexibility index (Phi) is 5.42. The standard InChI is InChI=1S/C31H33N3O2/c1-19(35)24-16-25-26(17-28(24)34-12-8-22(9-13-34)33-10-4-5-11-33)31(2,3)27-15-21-14-20(18-32)6-7-23(21)29(27)30(25)36/h6-7,14,16-17,22H,4-5,8-13,15H2,1-3H3. The van der Waals surface area contributed by atoms with Crippen LogP contribution in [0.2, 0.25) is 0 Å². The molecule has 4 aliphatic rings. The summed E-state index contributed by atoms with van der Waals surface area (Å²) in [4.78, 5) is 31.8. The molecule has 0 spiro atoms. The topological polar surface area (TPSA) is 64.4 Å². The quantitative estimate of drug-likeness (QED) is 0.559. The molecular formula is C31H33N3O2. The number of anilines is 1. The van der Waals surface area contributed by atoms with E-state index in [-0.39, 0.29) is 17.0 Å². The van der Waals surface area contributed by atoms with Gasteiger partial charge in [-0.25, -0.2) is 0 Å². The summed E-state index contributed by atoms with van der Waals surface area (Å²) in [6, 6.07) is 12.5. The van der Waals surface area contributed by atoms with E-state index in [0.717, 1.165) is 59.5 Å². The van der Waals surface area contributed by atoms with Crippen molar-refractivity contribution < 1.29 is 9.59 Å². The Morgan fingerprint density at radius 1 is 1.03 bits per heavy atom. The largest absolute Gasteiger partial charge is 0.371 e. The van der Waals surface area contributed by atoms with Crippen LogP contribution in [-0.2, 0) is 11.8 Å². The number of rotatable bonds is 3.